The minimum absolute atomic E-state index is 0.355. The second kappa shape index (κ2) is 9.17. The standard InChI is InChI=1S/C17H20BrN3O2/c1-22-12-13-4-2-3-5-16(13)21-17(19)20-10-11-23-15-8-6-14(18)7-9-15/h2-9H,10-12H2,1H3,(H3,19,20,21). The molecular weight excluding hydrogens is 358 g/mol. The van der Waals surface area contributed by atoms with Crippen LogP contribution in [0.5, 0.6) is 5.75 Å². The summed E-state index contributed by atoms with van der Waals surface area (Å²) < 4.78 is 11.8. The second-order valence-corrected chi connectivity index (χ2v) is 5.70. The fourth-order valence-electron chi connectivity index (χ4n) is 1.96. The molecular formula is C17H20BrN3O2. The summed E-state index contributed by atoms with van der Waals surface area (Å²) in [7, 11) is 1.66. The fraction of sp³-hybridized carbons (Fsp3) is 0.235. The first-order valence-electron chi connectivity index (χ1n) is 7.21. The van der Waals surface area contributed by atoms with E-state index in [1.54, 1.807) is 7.11 Å². The largest absolute Gasteiger partial charge is 0.492 e. The van der Waals surface area contributed by atoms with Crippen molar-refractivity contribution in [2.24, 2.45) is 10.7 Å². The van der Waals surface area contributed by atoms with Crippen LogP contribution >= 0.6 is 15.9 Å². The van der Waals surface area contributed by atoms with Gasteiger partial charge in [0.05, 0.1) is 13.2 Å². The molecule has 0 aromatic heterocycles. The van der Waals surface area contributed by atoms with E-state index in [0.29, 0.717) is 25.7 Å². The van der Waals surface area contributed by atoms with E-state index in [1.807, 2.05) is 48.5 Å². The van der Waals surface area contributed by atoms with Crippen LogP contribution in [0.25, 0.3) is 0 Å². The van der Waals surface area contributed by atoms with E-state index in [0.717, 1.165) is 21.5 Å². The summed E-state index contributed by atoms with van der Waals surface area (Å²) in [5.41, 5.74) is 7.83. The first-order valence-corrected chi connectivity index (χ1v) is 8.00. The molecule has 0 unspecified atom stereocenters. The Hall–Kier alpha value is -2.05. The molecule has 0 aliphatic rings. The average molecular weight is 378 g/mol. The van der Waals surface area contributed by atoms with Crippen LogP contribution in [0.2, 0.25) is 0 Å². The van der Waals surface area contributed by atoms with Gasteiger partial charge < -0.3 is 20.5 Å². The summed E-state index contributed by atoms with van der Waals surface area (Å²) in [6, 6.07) is 15.5. The molecule has 0 saturated carbocycles. The lowest BCUT2D eigenvalue weighted by Crippen LogP contribution is -2.24. The van der Waals surface area contributed by atoms with Gasteiger partial charge in [0.25, 0.3) is 0 Å². The Morgan fingerprint density at radius 3 is 2.65 bits per heavy atom. The van der Waals surface area contributed by atoms with Gasteiger partial charge in [-0.2, -0.15) is 0 Å². The molecule has 0 fully saturated rings. The quantitative estimate of drug-likeness (QED) is 0.440. The van der Waals surface area contributed by atoms with Crippen molar-refractivity contribution in [2.75, 3.05) is 25.6 Å². The molecule has 0 saturated heterocycles. The number of aliphatic imine (C=N–C) groups is 1. The molecule has 23 heavy (non-hydrogen) atoms. The number of anilines is 1. The maximum absolute atomic E-state index is 5.91. The fourth-order valence-corrected chi connectivity index (χ4v) is 2.23. The number of nitrogens with two attached hydrogens (primary N) is 1. The lowest BCUT2D eigenvalue weighted by molar-refractivity contribution is 0.185. The summed E-state index contributed by atoms with van der Waals surface area (Å²) in [5.74, 6) is 1.16. The molecule has 0 aliphatic carbocycles. The van der Waals surface area contributed by atoms with Gasteiger partial charge in [0, 0.05) is 22.8 Å². The van der Waals surface area contributed by atoms with Crippen LogP contribution in [-0.2, 0) is 11.3 Å². The Balaban J connectivity index is 1.82. The highest BCUT2D eigenvalue weighted by atomic mass is 79.9. The molecule has 0 bridgehead atoms. The Morgan fingerprint density at radius 1 is 1.17 bits per heavy atom. The van der Waals surface area contributed by atoms with Crippen molar-refractivity contribution in [1.82, 2.24) is 0 Å². The number of ether oxygens (including phenoxy) is 2. The third kappa shape index (κ3) is 5.92. The van der Waals surface area contributed by atoms with Gasteiger partial charge in [-0.1, -0.05) is 34.1 Å². The Morgan fingerprint density at radius 2 is 1.91 bits per heavy atom. The molecule has 5 nitrogen and oxygen atoms in total. The summed E-state index contributed by atoms with van der Waals surface area (Å²) in [4.78, 5) is 4.26. The number of nitrogens with one attached hydrogen (secondary N) is 1. The zero-order valence-electron chi connectivity index (χ0n) is 13.0. The molecule has 0 aliphatic heterocycles. The van der Waals surface area contributed by atoms with Gasteiger partial charge in [-0.15, -0.1) is 0 Å². The first-order chi connectivity index (χ1) is 11.2. The Labute approximate surface area is 144 Å². The molecule has 0 spiro atoms. The predicted octanol–water partition coefficient (Wildman–Crippen LogP) is 3.40. The van der Waals surface area contributed by atoms with Gasteiger partial charge in [0.2, 0.25) is 0 Å². The van der Waals surface area contributed by atoms with Gasteiger partial charge in [-0.05, 0) is 30.3 Å². The van der Waals surface area contributed by atoms with Crippen LogP contribution in [0.15, 0.2) is 58.0 Å². The van der Waals surface area contributed by atoms with Gasteiger partial charge in [-0.25, -0.2) is 4.99 Å². The van der Waals surface area contributed by atoms with Crippen LogP contribution in [0, 0.1) is 0 Å². The third-order valence-electron chi connectivity index (χ3n) is 3.04. The summed E-state index contributed by atoms with van der Waals surface area (Å²) in [6.45, 7) is 1.45. The van der Waals surface area contributed by atoms with Crippen molar-refractivity contribution >= 4 is 27.6 Å². The molecule has 0 amide bonds. The van der Waals surface area contributed by atoms with Crippen LogP contribution in [0.1, 0.15) is 5.56 Å². The van der Waals surface area contributed by atoms with E-state index >= 15 is 0 Å². The molecule has 0 radical (unpaired) electrons. The minimum atomic E-state index is 0.355. The van der Waals surface area contributed by atoms with Crippen molar-refractivity contribution in [2.45, 2.75) is 6.61 Å². The maximum atomic E-state index is 5.91. The minimum Gasteiger partial charge on any atom is -0.492 e. The average Bonchev–Trinajstić information content (AvgIpc) is 2.55. The monoisotopic (exact) mass is 377 g/mol. The van der Waals surface area contributed by atoms with Crippen molar-refractivity contribution < 1.29 is 9.47 Å². The number of benzene rings is 2. The molecule has 2 rings (SSSR count). The van der Waals surface area contributed by atoms with Crippen LogP contribution in [-0.4, -0.2) is 26.2 Å². The van der Waals surface area contributed by atoms with Gasteiger partial charge in [0.15, 0.2) is 5.96 Å². The van der Waals surface area contributed by atoms with Gasteiger partial charge in [0.1, 0.15) is 12.4 Å². The van der Waals surface area contributed by atoms with E-state index < -0.39 is 0 Å². The number of rotatable bonds is 7. The molecule has 3 N–H and O–H groups in total. The van der Waals surface area contributed by atoms with Crippen molar-refractivity contribution in [3.05, 3.63) is 58.6 Å². The van der Waals surface area contributed by atoms with Crippen molar-refractivity contribution in [3.63, 3.8) is 0 Å². The highest BCUT2D eigenvalue weighted by molar-refractivity contribution is 9.10. The highest BCUT2D eigenvalue weighted by Gasteiger charge is 2.02. The zero-order chi connectivity index (χ0) is 16.5. The van der Waals surface area contributed by atoms with Gasteiger partial charge in [-0.3, -0.25) is 0 Å². The van der Waals surface area contributed by atoms with Gasteiger partial charge >= 0.3 is 0 Å². The van der Waals surface area contributed by atoms with Crippen molar-refractivity contribution in [1.29, 1.82) is 0 Å². The molecule has 2 aromatic rings. The summed E-state index contributed by atoms with van der Waals surface area (Å²) in [6.07, 6.45) is 0. The number of halogens is 1. The smallest absolute Gasteiger partial charge is 0.193 e. The molecule has 122 valence electrons. The Kier molecular flexibility index (Phi) is 6.90. The van der Waals surface area contributed by atoms with E-state index in [-0.39, 0.29) is 0 Å². The van der Waals surface area contributed by atoms with Crippen molar-refractivity contribution in [3.8, 4) is 5.75 Å². The third-order valence-corrected chi connectivity index (χ3v) is 3.56. The van der Waals surface area contributed by atoms with Crippen LogP contribution in [0.4, 0.5) is 5.69 Å². The normalized spacial score (nSPS) is 11.3. The maximum Gasteiger partial charge on any atom is 0.193 e. The van der Waals surface area contributed by atoms with E-state index in [4.69, 9.17) is 15.2 Å². The number of hydrogen-bond acceptors (Lipinski definition) is 3. The number of nitrogens with zero attached hydrogens (tertiary/aromatic N) is 1. The van der Waals surface area contributed by atoms with E-state index in [1.165, 1.54) is 0 Å². The lowest BCUT2D eigenvalue weighted by atomic mass is 10.2. The Bertz CT molecular complexity index is 645. The number of guanidine groups is 1. The number of para-hydroxylation sites is 1. The number of hydrogen-bond donors (Lipinski definition) is 2. The zero-order valence-corrected chi connectivity index (χ0v) is 14.5. The first kappa shape index (κ1) is 17.3. The SMILES string of the molecule is COCc1ccccc1NC(N)=NCCOc1ccc(Br)cc1. The highest BCUT2D eigenvalue weighted by Crippen LogP contribution is 2.16. The molecule has 2 aromatic carbocycles. The molecule has 6 heteroatoms. The van der Waals surface area contributed by atoms with Crippen LogP contribution in [0.3, 0.4) is 0 Å². The topological polar surface area (TPSA) is 68.9 Å². The molecule has 0 heterocycles. The van der Waals surface area contributed by atoms with E-state index in [2.05, 4.69) is 26.2 Å². The predicted molar refractivity (Wildman–Crippen MR) is 96.9 cm³/mol. The summed E-state index contributed by atoms with van der Waals surface area (Å²) in [5, 5.41) is 3.09. The summed E-state index contributed by atoms with van der Waals surface area (Å²) >= 11 is 3.38. The van der Waals surface area contributed by atoms with Crippen LogP contribution < -0.4 is 15.8 Å². The van der Waals surface area contributed by atoms with E-state index in [9.17, 15) is 0 Å². The lowest BCUT2D eigenvalue weighted by Gasteiger charge is -2.11. The second-order valence-electron chi connectivity index (χ2n) is 4.78. The number of methoxy groups -OCH3 is 1. The molecule has 0 atom stereocenters.